The summed E-state index contributed by atoms with van der Waals surface area (Å²) in [7, 11) is 0. The van der Waals surface area contributed by atoms with E-state index < -0.39 is 0 Å². The molecule has 0 fully saturated rings. The van der Waals surface area contributed by atoms with Crippen LogP contribution in [0.25, 0.3) is 0 Å². The predicted octanol–water partition coefficient (Wildman–Crippen LogP) is 3.33. The summed E-state index contributed by atoms with van der Waals surface area (Å²) in [6.07, 6.45) is 1.63. The first-order valence-electron chi connectivity index (χ1n) is 7.16. The third-order valence-electron chi connectivity index (χ3n) is 3.33. The lowest BCUT2D eigenvalue weighted by Gasteiger charge is -2.18. The van der Waals surface area contributed by atoms with Gasteiger partial charge in [0.25, 0.3) is 5.91 Å². The van der Waals surface area contributed by atoms with Gasteiger partial charge >= 0.3 is 0 Å². The van der Waals surface area contributed by atoms with E-state index in [-0.39, 0.29) is 11.3 Å². The van der Waals surface area contributed by atoms with Gasteiger partial charge in [-0.15, -0.1) is 0 Å². The van der Waals surface area contributed by atoms with Crippen molar-refractivity contribution in [1.29, 1.82) is 0 Å². The molecule has 0 saturated heterocycles. The van der Waals surface area contributed by atoms with Crippen LogP contribution in [0.1, 0.15) is 42.3 Å². The SMILES string of the molecule is CC(C)(C)c1ccc(/C=N\NC(=O)c2ccc(N)cc2)cc1. The molecule has 0 unspecified atom stereocenters. The second-order valence-electron chi connectivity index (χ2n) is 6.19. The summed E-state index contributed by atoms with van der Waals surface area (Å²) in [4.78, 5) is 11.9. The molecule has 0 bridgehead atoms. The number of nitrogen functional groups attached to an aromatic ring is 1. The zero-order valence-electron chi connectivity index (χ0n) is 13.1. The Morgan fingerprint density at radius 3 is 2.18 bits per heavy atom. The molecule has 4 nitrogen and oxygen atoms in total. The molecule has 114 valence electrons. The van der Waals surface area contributed by atoms with Gasteiger partial charge in [-0.1, -0.05) is 45.0 Å². The Balaban J connectivity index is 1.97. The zero-order valence-corrected chi connectivity index (χ0v) is 13.1. The summed E-state index contributed by atoms with van der Waals surface area (Å²) in [6.45, 7) is 6.51. The third-order valence-corrected chi connectivity index (χ3v) is 3.33. The van der Waals surface area contributed by atoms with Crippen LogP contribution in [0.5, 0.6) is 0 Å². The van der Waals surface area contributed by atoms with Gasteiger partial charge in [0.15, 0.2) is 0 Å². The summed E-state index contributed by atoms with van der Waals surface area (Å²) in [6, 6.07) is 14.8. The number of nitrogens with two attached hydrogens (primary N) is 1. The zero-order chi connectivity index (χ0) is 16.2. The van der Waals surface area contributed by atoms with E-state index in [1.807, 2.05) is 12.1 Å². The van der Waals surface area contributed by atoms with Gasteiger partial charge in [-0.2, -0.15) is 5.10 Å². The van der Waals surface area contributed by atoms with E-state index in [2.05, 4.69) is 43.4 Å². The van der Waals surface area contributed by atoms with Crippen LogP contribution in [0.4, 0.5) is 5.69 Å². The van der Waals surface area contributed by atoms with Crippen LogP contribution >= 0.6 is 0 Å². The van der Waals surface area contributed by atoms with Gasteiger partial charge in [-0.05, 0) is 40.8 Å². The molecule has 2 aromatic carbocycles. The molecule has 3 N–H and O–H groups in total. The average molecular weight is 295 g/mol. The van der Waals surface area contributed by atoms with Crippen molar-refractivity contribution in [2.24, 2.45) is 5.10 Å². The minimum Gasteiger partial charge on any atom is -0.399 e. The Labute approximate surface area is 131 Å². The van der Waals surface area contributed by atoms with Gasteiger partial charge in [-0.25, -0.2) is 5.43 Å². The summed E-state index contributed by atoms with van der Waals surface area (Å²) < 4.78 is 0. The molecule has 1 amide bonds. The second kappa shape index (κ2) is 6.43. The Bertz CT molecular complexity index is 665. The van der Waals surface area contributed by atoms with Gasteiger partial charge < -0.3 is 5.73 Å². The van der Waals surface area contributed by atoms with E-state index in [1.54, 1.807) is 30.5 Å². The molecule has 2 rings (SSSR count). The maximum Gasteiger partial charge on any atom is 0.271 e. The maximum absolute atomic E-state index is 11.9. The lowest BCUT2D eigenvalue weighted by Crippen LogP contribution is -2.17. The minimum atomic E-state index is -0.262. The molecule has 4 heteroatoms. The molecule has 0 spiro atoms. The predicted molar refractivity (Wildman–Crippen MR) is 91.1 cm³/mol. The van der Waals surface area contributed by atoms with Crippen molar-refractivity contribution in [3.63, 3.8) is 0 Å². The highest BCUT2D eigenvalue weighted by molar-refractivity contribution is 5.95. The van der Waals surface area contributed by atoms with Crippen LogP contribution in [-0.2, 0) is 5.41 Å². The van der Waals surface area contributed by atoms with E-state index in [4.69, 9.17) is 5.73 Å². The van der Waals surface area contributed by atoms with E-state index in [0.29, 0.717) is 11.3 Å². The molecule has 0 atom stereocenters. The lowest BCUT2D eigenvalue weighted by atomic mass is 9.87. The molecule has 2 aromatic rings. The number of rotatable bonds is 3. The van der Waals surface area contributed by atoms with Crippen LogP contribution in [0.2, 0.25) is 0 Å². The van der Waals surface area contributed by atoms with Crippen molar-refractivity contribution in [2.45, 2.75) is 26.2 Å². The van der Waals surface area contributed by atoms with Crippen LogP contribution in [-0.4, -0.2) is 12.1 Å². The highest BCUT2D eigenvalue weighted by atomic mass is 16.2. The van der Waals surface area contributed by atoms with E-state index in [0.717, 1.165) is 5.56 Å². The van der Waals surface area contributed by atoms with Crippen LogP contribution in [0, 0.1) is 0 Å². The summed E-state index contributed by atoms with van der Waals surface area (Å²) >= 11 is 0. The smallest absolute Gasteiger partial charge is 0.271 e. The van der Waals surface area contributed by atoms with Crippen LogP contribution in [0.15, 0.2) is 53.6 Å². The van der Waals surface area contributed by atoms with Gasteiger partial charge in [0.2, 0.25) is 0 Å². The highest BCUT2D eigenvalue weighted by Crippen LogP contribution is 2.21. The molecular formula is C18H21N3O. The van der Waals surface area contributed by atoms with Gasteiger partial charge in [-0.3, -0.25) is 4.79 Å². The number of hydrogen-bond acceptors (Lipinski definition) is 3. The molecule has 0 aromatic heterocycles. The fourth-order valence-electron chi connectivity index (χ4n) is 1.93. The summed E-state index contributed by atoms with van der Waals surface area (Å²) in [5, 5.41) is 3.98. The first-order valence-corrected chi connectivity index (χ1v) is 7.16. The van der Waals surface area contributed by atoms with E-state index in [1.165, 1.54) is 5.56 Å². The number of hydrogen-bond donors (Lipinski definition) is 2. The number of anilines is 1. The highest BCUT2D eigenvalue weighted by Gasteiger charge is 2.12. The number of hydrazone groups is 1. The number of nitrogens with zero attached hydrogens (tertiary/aromatic N) is 1. The van der Waals surface area contributed by atoms with Crippen LogP contribution in [0.3, 0.4) is 0 Å². The van der Waals surface area contributed by atoms with Crippen molar-refractivity contribution in [3.05, 3.63) is 65.2 Å². The molecule has 0 aliphatic rings. The quantitative estimate of drug-likeness (QED) is 0.518. The van der Waals surface area contributed by atoms with Gasteiger partial charge in [0.05, 0.1) is 6.21 Å². The van der Waals surface area contributed by atoms with E-state index >= 15 is 0 Å². The Kier molecular flexibility index (Phi) is 4.61. The van der Waals surface area contributed by atoms with Crippen molar-refractivity contribution in [3.8, 4) is 0 Å². The topological polar surface area (TPSA) is 67.5 Å². The standard InChI is InChI=1S/C18H21N3O/c1-18(2,3)15-8-4-13(5-9-15)12-20-21-17(22)14-6-10-16(19)11-7-14/h4-12H,19H2,1-3H3,(H,21,22)/b20-12-. The first kappa shape index (κ1) is 15.8. The van der Waals surface area contributed by atoms with Gasteiger partial charge in [0.1, 0.15) is 0 Å². The molecule has 0 saturated carbocycles. The maximum atomic E-state index is 11.9. The Morgan fingerprint density at radius 2 is 1.64 bits per heavy atom. The second-order valence-corrected chi connectivity index (χ2v) is 6.19. The number of carbonyl (C=O) groups excluding carboxylic acids is 1. The number of nitrogens with one attached hydrogen (secondary N) is 1. The lowest BCUT2D eigenvalue weighted by molar-refractivity contribution is 0.0955. The molecule has 0 heterocycles. The molecule has 22 heavy (non-hydrogen) atoms. The van der Waals surface area contributed by atoms with Crippen molar-refractivity contribution < 1.29 is 4.79 Å². The molecular weight excluding hydrogens is 274 g/mol. The van der Waals surface area contributed by atoms with Crippen molar-refractivity contribution >= 4 is 17.8 Å². The minimum absolute atomic E-state index is 0.124. The fourth-order valence-corrected chi connectivity index (χ4v) is 1.93. The fraction of sp³-hybridized carbons (Fsp3) is 0.222. The molecule has 0 radical (unpaired) electrons. The van der Waals surface area contributed by atoms with Crippen molar-refractivity contribution in [2.75, 3.05) is 5.73 Å². The normalized spacial score (nSPS) is 11.6. The monoisotopic (exact) mass is 295 g/mol. The van der Waals surface area contributed by atoms with Crippen LogP contribution < -0.4 is 11.2 Å². The average Bonchev–Trinajstić information content (AvgIpc) is 2.47. The number of benzene rings is 2. The molecule has 0 aliphatic heterocycles. The third kappa shape index (κ3) is 4.19. The number of amides is 1. The summed E-state index contributed by atoms with van der Waals surface area (Å²) in [5.74, 6) is -0.262. The number of carbonyl (C=O) groups is 1. The van der Waals surface area contributed by atoms with E-state index in [9.17, 15) is 4.79 Å². The van der Waals surface area contributed by atoms with Crippen molar-refractivity contribution in [1.82, 2.24) is 5.43 Å². The Morgan fingerprint density at radius 1 is 1.05 bits per heavy atom. The summed E-state index contributed by atoms with van der Waals surface area (Å²) in [5.41, 5.74) is 11.6. The first-order chi connectivity index (χ1) is 10.4. The van der Waals surface area contributed by atoms with Gasteiger partial charge in [0, 0.05) is 11.3 Å². The molecule has 0 aliphatic carbocycles. The largest absolute Gasteiger partial charge is 0.399 e. The Hall–Kier alpha value is -2.62.